The van der Waals surface area contributed by atoms with Crippen LogP contribution in [0.4, 0.5) is 0 Å². The van der Waals surface area contributed by atoms with E-state index in [1.54, 1.807) is 6.07 Å². The van der Waals surface area contributed by atoms with E-state index in [-0.39, 0.29) is 16.6 Å². The van der Waals surface area contributed by atoms with Crippen molar-refractivity contribution in [1.82, 2.24) is 14.5 Å². The molecule has 0 spiro atoms. The van der Waals surface area contributed by atoms with Crippen LogP contribution in [-0.4, -0.2) is 19.6 Å². The predicted octanol–water partition coefficient (Wildman–Crippen LogP) is 17.1. The van der Waals surface area contributed by atoms with Crippen molar-refractivity contribution in [2.75, 3.05) is 0 Å². The average Bonchev–Trinajstić information content (AvgIpc) is 3.69. The monoisotopic (exact) mass is 877 g/mol. The van der Waals surface area contributed by atoms with Gasteiger partial charge in [0.15, 0.2) is 0 Å². The molecule has 4 heteroatoms. The van der Waals surface area contributed by atoms with Gasteiger partial charge >= 0.3 is 0 Å². The summed E-state index contributed by atoms with van der Waals surface area (Å²) in [6.45, 7) is 13.6. The van der Waals surface area contributed by atoms with Crippen LogP contribution in [0.5, 0.6) is 5.75 Å². The zero-order chi connectivity index (χ0) is 46.5. The highest BCUT2D eigenvalue weighted by atomic mass is 16.3. The minimum Gasteiger partial charge on any atom is -0.507 e. The summed E-state index contributed by atoms with van der Waals surface area (Å²) in [4.78, 5) is 10.3. The van der Waals surface area contributed by atoms with Gasteiger partial charge < -0.3 is 9.67 Å². The fraction of sp³-hybridized carbons (Fsp3) is 0.125. The van der Waals surface area contributed by atoms with Crippen LogP contribution in [0.25, 0.3) is 116 Å². The molecule has 0 saturated carbocycles. The molecule has 328 valence electrons. The van der Waals surface area contributed by atoms with Gasteiger partial charge in [0.1, 0.15) is 5.75 Å². The Morgan fingerprint density at radius 1 is 0.412 bits per heavy atom. The molecule has 0 unspecified atom stereocenters. The van der Waals surface area contributed by atoms with E-state index in [0.29, 0.717) is 11.3 Å². The van der Waals surface area contributed by atoms with Crippen molar-refractivity contribution in [1.29, 1.82) is 0 Å². The number of phenolic OH excluding ortho intramolecular Hbond substituents is 1. The van der Waals surface area contributed by atoms with Gasteiger partial charge in [-0.2, -0.15) is 0 Å². The van der Waals surface area contributed by atoms with Gasteiger partial charge in [-0.15, -0.1) is 0 Å². The van der Waals surface area contributed by atoms with E-state index < -0.39 is 0 Å². The van der Waals surface area contributed by atoms with E-state index in [0.717, 1.165) is 56.0 Å². The smallest absolute Gasteiger partial charge is 0.124 e. The third kappa shape index (κ3) is 6.90. The normalized spacial score (nSPS) is 12.3. The highest BCUT2D eigenvalue weighted by Gasteiger charge is 2.23. The molecule has 3 aromatic heterocycles. The minimum atomic E-state index is -0.0477. The molecule has 12 aromatic rings. The lowest BCUT2D eigenvalue weighted by molar-refractivity contribution is 0.477. The van der Waals surface area contributed by atoms with Gasteiger partial charge in [0.05, 0.1) is 33.8 Å². The molecule has 0 saturated heterocycles. The number of nitrogens with zero attached hydrogens (tertiary/aromatic N) is 3. The first-order valence-electron chi connectivity index (χ1n) is 23.6. The molecular formula is C64H51N3O. The number of pyridine rings is 2. The number of fused-ring (bicyclic) bond motifs is 3. The number of hydrogen-bond donors (Lipinski definition) is 1. The second-order valence-corrected chi connectivity index (χ2v) is 20.4. The second kappa shape index (κ2) is 15.5. The van der Waals surface area contributed by atoms with Gasteiger partial charge in [-0.25, -0.2) is 4.98 Å². The van der Waals surface area contributed by atoms with Crippen LogP contribution in [-0.2, 0) is 10.8 Å². The summed E-state index contributed by atoms with van der Waals surface area (Å²) in [6, 6.07) is 67.4. The summed E-state index contributed by atoms with van der Waals surface area (Å²) < 4.78 is 2.48. The third-order valence-electron chi connectivity index (χ3n) is 14.0. The molecule has 0 amide bonds. The van der Waals surface area contributed by atoms with Crippen molar-refractivity contribution in [3.05, 3.63) is 205 Å². The lowest BCUT2D eigenvalue weighted by Crippen LogP contribution is -2.16. The Morgan fingerprint density at radius 2 is 1.00 bits per heavy atom. The van der Waals surface area contributed by atoms with E-state index in [1.165, 1.54) is 59.7 Å². The fourth-order valence-electron chi connectivity index (χ4n) is 10.3. The molecule has 68 heavy (non-hydrogen) atoms. The molecule has 9 aromatic carbocycles. The lowest BCUT2D eigenvalue weighted by atomic mass is 9.79. The van der Waals surface area contributed by atoms with Crippen LogP contribution in [0.1, 0.15) is 52.7 Å². The summed E-state index contributed by atoms with van der Waals surface area (Å²) >= 11 is 0. The standard InChI is InChI=1S/C64H51N3O/c1-63(2,3)47-33-45(34-48(38-47)64(4,5)6)46-36-55(66-56(37-46)52-19-8-10-23-59(52)68)44-17-12-16-43(32-44)54-35-42(30-31-65-54)49-20-13-21-51-50-18-7-9-22-57(50)67(62(49)51)58-29-27-41-25-24-39-14-11-15-40-26-28-53(58)61(41)60(39)40/h7-38,68H,1-6H3. The first kappa shape index (κ1) is 41.4. The van der Waals surface area contributed by atoms with Crippen LogP contribution in [0.2, 0.25) is 0 Å². The molecular weight excluding hydrogens is 827 g/mol. The molecule has 0 aliphatic heterocycles. The van der Waals surface area contributed by atoms with Crippen molar-refractivity contribution in [3.8, 4) is 67.5 Å². The van der Waals surface area contributed by atoms with Crippen molar-refractivity contribution in [2.45, 2.75) is 52.4 Å². The second-order valence-electron chi connectivity index (χ2n) is 20.4. The molecule has 0 aliphatic carbocycles. The maximum absolute atomic E-state index is 11.1. The Hall–Kier alpha value is -8.08. The van der Waals surface area contributed by atoms with E-state index in [9.17, 15) is 5.11 Å². The number of aromatic hydroxyl groups is 1. The zero-order valence-electron chi connectivity index (χ0n) is 39.3. The Morgan fingerprint density at radius 3 is 1.76 bits per heavy atom. The quantitative estimate of drug-likeness (QED) is 0.169. The number of rotatable bonds is 6. The molecule has 0 aliphatic rings. The third-order valence-corrected chi connectivity index (χ3v) is 14.0. The Balaban J connectivity index is 1.01. The van der Waals surface area contributed by atoms with E-state index >= 15 is 0 Å². The van der Waals surface area contributed by atoms with Gasteiger partial charge in [-0.3, -0.25) is 4.98 Å². The van der Waals surface area contributed by atoms with Crippen molar-refractivity contribution in [3.63, 3.8) is 0 Å². The average molecular weight is 878 g/mol. The van der Waals surface area contributed by atoms with Crippen molar-refractivity contribution < 1.29 is 5.11 Å². The van der Waals surface area contributed by atoms with Crippen LogP contribution in [0.3, 0.4) is 0 Å². The number of hydrogen-bond acceptors (Lipinski definition) is 3. The summed E-state index contributed by atoms with van der Waals surface area (Å²) in [7, 11) is 0. The van der Waals surface area contributed by atoms with E-state index in [2.05, 4.69) is 210 Å². The first-order chi connectivity index (χ1) is 32.9. The highest BCUT2D eigenvalue weighted by Crippen LogP contribution is 2.44. The van der Waals surface area contributed by atoms with Crippen LogP contribution < -0.4 is 0 Å². The van der Waals surface area contributed by atoms with Gasteiger partial charge in [0.2, 0.25) is 0 Å². The Kier molecular flexibility index (Phi) is 9.43. The summed E-state index contributed by atoms with van der Waals surface area (Å²) in [6.07, 6.45) is 1.93. The zero-order valence-corrected chi connectivity index (χ0v) is 39.3. The van der Waals surface area contributed by atoms with E-state index in [1.807, 2.05) is 24.4 Å². The highest BCUT2D eigenvalue weighted by molar-refractivity contribution is 6.25. The molecule has 0 radical (unpaired) electrons. The first-order valence-corrected chi connectivity index (χ1v) is 23.6. The summed E-state index contributed by atoms with van der Waals surface area (Å²) in [5.41, 5.74) is 15.4. The van der Waals surface area contributed by atoms with Crippen LogP contribution in [0, 0.1) is 0 Å². The van der Waals surface area contributed by atoms with E-state index in [4.69, 9.17) is 9.97 Å². The predicted molar refractivity (Wildman–Crippen MR) is 286 cm³/mol. The van der Waals surface area contributed by atoms with Crippen LogP contribution >= 0.6 is 0 Å². The molecule has 4 nitrogen and oxygen atoms in total. The van der Waals surface area contributed by atoms with Crippen LogP contribution in [0.15, 0.2) is 194 Å². The SMILES string of the molecule is CC(C)(C)c1cc(-c2cc(-c3cccc(-c4cc(-c5cccc6c7ccccc7n(-c7ccc8ccc9cccc%10ccc7c8c9%10)c56)ccn4)c3)nc(-c3ccccc3O)c2)cc(C(C)(C)C)c1. The van der Waals surface area contributed by atoms with Crippen molar-refractivity contribution in [2.24, 2.45) is 0 Å². The molecule has 0 atom stereocenters. The maximum atomic E-state index is 11.1. The van der Waals surface area contributed by atoms with Gasteiger partial charge in [-0.05, 0) is 120 Å². The summed E-state index contributed by atoms with van der Waals surface area (Å²) in [5.74, 6) is 0.199. The molecule has 0 bridgehead atoms. The number of benzene rings is 9. The minimum absolute atomic E-state index is 0.0477. The molecule has 1 N–H and O–H groups in total. The molecule has 12 rings (SSSR count). The van der Waals surface area contributed by atoms with Gasteiger partial charge in [-0.1, -0.05) is 175 Å². The fourth-order valence-corrected chi connectivity index (χ4v) is 10.3. The number of para-hydroxylation sites is 3. The van der Waals surface area contributed by atoms with Crippen molar-refractivity contribution >= 4 is 54.1 Å². The largest absolute Gasteiger partial charge is 0.507 e. The maximum Gasteiger partial charge on any atom is 0.124 e. The van der Waals surface area contributed by atoms with Gasteiger partial charge in [0.25, 0.3) is 0 Å². The summed E-state index contributed by atoms with van der Waals surface area (Å²) in [5, 5.41) is 21.2. The Bertz CT molecular complexity index is 3910. The van der Waals surface area contributed by atoms with Gasteiger partial charge in [0, 0.05) is 44.6 Å². The molecule has 3 heterocycles. The number of aromatic nitrogens is 3. The Labute approximate surface area is 397 Å². The number of phenols is 1. The molecule has 0 fully saturated rings. The topological polar surface area (TPSA) is 50.9 Å². The lowest BCUT2D eigenvalue weighted by Gasteiger charge is -2.26.